The second-order valence-electron chi connectivity index (χ2n) is 7.60. The van der Waals surface area contributed by atoms with Crippen LogP contribution < -0.4 is 15.6 Å². The van der Waals surface area contributed by atoms with E-state index in [2.05, 4.69) is 35.3 Å². The summed E-state index contributed by atoms with van der Waals surface area (Å²) in [5.74, 6) is 3.75. The Labute approximate surface area is 191 Å². The van der Waals surface area contributed by atoms with Gasteiger partial charge in [-0.15, -0.1) is 6.42 Å². The van der Waals surface area contributed by atoms with Crippen molar-refractivity contribution < 1.29 is 9.53 Å². The maximum Gasteiger partial charge on any atom is 0.279 e. The van der Waals surface area contributed by atoms with Gasteiger partial charge in [-0.3, -0.25) is 9.59 Å². The first kappa shape index (κ1) is 21.7. The molecule has 0 saturated carbocycles. The maximum atomic E-state index is 13.1. The molecule has 3 aromatic rings. The lowest BCUT2D eigenvalue weighted by atomic mass is 9.87. The summed E-state index contributed by atoms with van der Waals surface area (Å²) in [4.78, 5) is 30.0. The summed E-state index contributed by atoms with van der Waals surface area (Å²) >= 11 is 1.48. The zero-order chi connectivity index (χ0) is 22.7. The Hall–Kier alpha value is -3.50. The number of aryl methyl sites for hydroxylation is 1. The number of hydrogen-bond acceptors (Lipinski definition) is 5. The third-order valence-corrected chi connectivity index (χ3v) is 6.60. The normalized spacial score (nSPS) is 14.9. The molecule has 2 aromatic carbocycles. The van der Waals surface area contributed by atoms with E-state index in [0.717, 1.165) is 5.56 Å². The SMILES string of the molecule is C#CCOc1ccc([C@H]2CC(=O)Nc3c2c(=O)nc(SCc2ccccc2C)n3C)cc1. The summed E-state index contributed by atoms with van der Waals surface area (Å²) < 4.78 is 7.22. The van der Waals surface area contributed by atoms with Crippen LogP contribution in [0.5, 0.6) is 5.75 Å². The Morgan fingerprint density at radius 3 is 2.69 bits per heavy atom. The van der Waals surface area contributed by atoms with Crippen LogP contribution in [0.25, 0.3) is 0 Å². The smallest absolute Gasteiger partial charge is 0.279 e. The van der Waals surface area contributed by atoms with Gasteiger partial charge in [0.05, 0.1) is 5.56 Å². The summed E-state index contributed by atoms with van der Waals surface area (Å²) in [6.45, 7) is 2.24. The van der Waals surface area contributed by atoms with Crippen LogP contribution in [0.2, 0.25) is 0 Å². The molecule has 0 bridgehead atoms. The van der Waals surface area contributed by atoms with Crippen molar-refractivity contribution in [1.29, 1.82) is 0 Å². The minimum Gasteiger partial charge on any atom is -0.481 e. The third kappa shape index (κ3) is 4.41. The van der Waals surface area contributed by atoms with E-state index in [9.17, 15) is 9.59 Å². The van der Waals surface area contributed by atoms with Crippen molar-refractivity contribution >= 4 is 23.5 Å². The Morgan fingerprint density at radius 1 is 1.22 bits per heavy atom. The summed E-state index contributed by atoms with van der Waals surface area (Å²) in [7, 11) is 1.82. The van der Waals surface area contributed by atoms with Crippen molar-refractivity contribution in [2.45, 2.75) is 30.2 Å². The number of nitrogens with one attached hydrogen (secondary N) is 1. The lowest BCUT2D eigenvalue weighted by Crippen LogP contribution is -2.33. The zero-order valence-corrected chi connectivity index (χ0v) is 18.7. The first-order valence-electron chi connectivity index (χ1n) is 10.2. The first-order valence-corrected chi connectivity index (χ1v) is 11.2. The van der Waals surface area contributed by atoms with Crippen LogP contribution in [0.1, 0.15) is 34.6 Å². The molecule has 1 N–H and O–H groups in total. The molecule has 2 heterocycles. The maximum absolute atomic E-state index is 13.1. The summed E-state index contributed by atoms with van der Waals surface area (Å²) in [5.41, 5.74) is 3.41. The topological polar surface area (TPSA) is 73.2 Å². The number of terminal acetylenes is 1. The van der Waals surface area contributed by atoms with Crippen LogP contribution in [-0.2, 0) is 17.6 Å². The fourth-order valence-electron chi connectivity index (χ4n) is 3.78. The molecule has 0 radical (unpaired) electrons. The molecule has 0 aliphatic carbocycles. The molecular weight excluding hydrogens is 422 g/mol. The van der Waals surface area contributed by atoms with Crippen molar-refractivity contribution in [3.8, 4) is 18.1 Å². The van der Waals surface area contributed by atoms with Crippen LogP contribution in [0.15, 0.2) is 58.5 Å². The predicted molar refractivity (Wildman–Crippen MR) is 126 cm³/mol. The van der Waals surface area contributed by atoms with Crippen molar-refractivity contribution in [3.63, 3.8) is 0 Å². The number of thioether (sulfide) groups is 1. The van der Waals surface area contributed by atoms with E-state index in [1.54, 1.807) is 16.7 Å². The number of amides is 1. The number of carbonyl (C=O) groups excluding carboxylic acids is 1. The van der Waals surface area contributed by atoms with Gasteiger partial charge in [-0.25, -0.2) is 0 Å². The summed E-state index contributed by atoms with van der Waals surface area (Å²) in [6.07, 6.45) is 5.42. The van der Waals surface area contributed by atoms with Gasteiger partial charge in [-0.05, 0) is 35.7 Å². The molecular formula is C25H23N3O3S. The van der Waals surface area contributed by atoms with Crippen LogP contribution in [0, 0.1) is 19.3 Å². The fraction of sp³-hybridized carbons (Fsp3) is 0.240. The molecule has 162 valence electrons. The van der Waals surface area contributed by atoms with Gasteiger partial charge in [-0.1, -0.05) is 54.1 Å². The number of fused-ring (bicyclic) bond motifs is 1. The monoisotopic (exact) mass is 445 g/mol. The molecule has 0 spiro atoms. The number of hydrogen-bond donors (Lipinski definition) is 1. The zero-order valence-electron chi connectivity index (χ0n) is 17.9. The lowest BCUT2D eigenvalue weighted by molar-refractivity contribution is -0.116. The molecule has 0 fully saturated rings. The fourth-order valence-corrected chi connectivity index (χ4v) is 4.83. The molecule has 0 unspecified atom stereocenters. The van der Waals surface area contributed by atoms with Crippen molar-refractivity contribution in [3.05, 3.63) is 81.1 Å². The van der Waals surface area contributed by atoms with E-state index in [4.69, 9.17) is 11.2 Å². The highest BCUT2D eigenvalue weighted by Crippen LogP contribution is 2.36. The average Bonchev–Trinajstić information content (AvgIpc) is 2.79. The Balaban J connectivity index is 1.66. The van der Waals surface area contributed by atoms with Gasteiger partial charge in [-0.2, -0.15) is 4.98 Å². The molecule has 32 heavy (non-hydrogen) atoms. The highest BCUT2D eigenvalue weighted by molar-refractivity contribution is 7.98. The van der Waals surface area contributed by atoms with Crippen molar-refractivity contribution in [2.75, 3.05) is 11.9 Å². The summed E-state index contributed by atoms with van der Waals surface area (Å²) in [5, 5.41) is 3.45. The average molecular weight is 446 g/mol. The molecule has 1 atom stereocenters. The Kier molecular flexibility index (Phi) is 6.33. The quantitative estimate of drug-likeness (QED) is 0.354. The number of ether oxygens (including phenoxy) is 1. The molecule has 1 amide bonds. The second-order valence-corrected chi connectivity index (χ2v) is 8.55. The molecule has 1 aliphatic rings. The minimum atomic E-state index is -0.373. The lowest BCUT2D eigenvalue weighted by Gasteiger charge is -2.27. The van der Waals surface area contributed by atoms with Crippen molar-refractivity contribution in [1.82, 2.24) is 9.55 Å². The van der Waals surface area contributed by atoms with Crippen LogP contribution >= 0.6 is 11.8 Å². The molecule has 1 aliphatic heterocycles. The number of carbonyl (C=O) groups is 1. The molecule has 1 aromatic heterocycles. The van der Waals surface area contributed by atoms with Gasteiger partial charge < -0.3 is 14.6 Å². The van der Waals surface area contributed by atoms with E-state index >= 15 is 0 Å². The first-order chi connectivity index (χ1) is 15.5. The van der Waals surface area contributed by atoms with Crippen molar-refractivity contribution in [2.24, 2.45) is 7.05 Å². The van der Waals surface area contributed by atoms with Gasteiger partial charge in [0.1, 0.15) is 18.2 Å². The Bertz CT molecular complexity index is 1260. The number of aromatic nitrogens is 2. The molecule has 4 rings (SSSR count). The number of anilines is 1. The minimum absolute atomic E-state index is 0.133. The van der Waals surface area contributed by atoms with E-state index < -0.39 is 0 Å². The molecule has 6 nitrogen and oxygen atoms in total. The Morgan fingerprint density at radius 2 is 1.97 bits per heavy atom. The highest BCUT2D eigenvalue weighted by Gasteiger charge is 2.32. The summed E-state index contributed by atoms with van der Waals surface area (Å²) in [6, 6.07) is 15.4. The number of nitrogens with zero attached hydrogens (tertiary/aromatic N) is 2. The predicted octanol–water partition coefficient (Wildman–Crippen LogP) is 3.87. The highest BCUT2D eigenvalue weighted by atomic mass is 32.2. The van der Waals surface area contributed by atoms with Crippen LogP contribution in [0.4, 0.5) is 5.82 Å². The van der Waals surface area contributed by atoms with Gasteiger partial charge in [0.15, 0.2) is 5.16 Å². The molecule has 0 saturated heterocycles. The van der Waals surface area contributed by atoms with Crippen LogP contribution in [0.3, 0.4) is 0 Å². The number of rotatable bonds is 6. The van der Waals surface area contributed by atoms with E-state index in [1.165, 1.54) is 22.9 Å². The van der Waals surface area contributed by atoms with Gasteiger partial charge in [0.2, 0.25) is 5.91 Å². The van der Waals surface area contributed by atoms with Gasteiger partial charge in [0.25, 0.3) is 5.56 Å². The van der Waals surface area contributed by atoms with Gasteiger partial charge in [0, 0.05) is 25.1 Å². The van der Waals surface area contributed by atoms with Crippen LogP contribution in [-0.4, -0.2) is 22.1 Å². The standard InChI is InChI=1S/C25H23N3O3S/c1-4-13-31-19-11-9-17(10-12-19)20-14-21(29)26-23-22(20)24(30)27-25(28(23)3)32-15-18-8-6-5-7-16(18)2/h1,5-12,20H,13-15H2,2-3H3,(H,26,29)/t20-/m1/s1. The number of benzene rings is 2. The van der Waals surface area contributed by atoms with Gasteiger partial charge >= 0.3 is 0 Å². The largest absolute Gasteiger partial charge is 0.481 e. The third-order valence-electron chi connectivity index (χ3n) is 5.52. The second kappa shape index (κ2) is 9.33. The van der Waals surface area contributed by atoms with E-state index in [1.807, 2.05) is 31.3 Å². The van der Waals surface area contributed by atoms with E-state index in [0.29, 0.717) is 28.0 Å². The molecule has 7 heteroatoms. The van der Waals surface area contributed by atoms with E-state index in [-0.39, 0.29) is 30.4 Å².